The Morgan fingerprint density at radius 2 is 2.00 bits per heavy atom. The molecule has 2 aromatic rings. The van der Waals surface area contributed by atoms with E-state index in [2.05, 4.69) is 15.6 Å². The normalized spacial score (nSPS) is 16.2. The summed E-state index contributed by atoms with van der Waals surface area (Å²) in [5.41, 5.74) is 1.22. The highest BCUT2D eigenvalue weighted by molar-refractivity contribution is 6.07. The third-order valence-corrected chi connectivity index (χ3v) is 4.22. The van der Waals surface area contributed by atoms with Crippen LogP contribution in [-0.2, 0) is 4.74 Å². The van der Waals surface area contributed by atoms with Gasteiger partial charge in [0.1, 0.15) is 22.9 Å². The van der Waals surface area contributed by atoms with Gasteiger partial charge in [0.25, 0.3) is 5.91 Å². The Morgan fingerprint density at radius 1 is 1.23 bits per heavy atom. The molecule has 7 nitrogen and oxygen atoms in total. The number of nitrogens with zero attached hydrogens (tertiary/aromatic N) is 1. The number of hydrogen-bond donors (Lipinski definition) is 2. The summed E-state index contributed by atoms with van der Waals surface area (Å²) in [6, 6.07) is 8.81. The molecule has 0 bridgehead atoms. The van der Waals surface area contributed by atoms with Gasteiger partial charge in [-0.3, -0.25) is 4.79 Å². The van der Waals surface area contributed by atoms with Gasteiger partial charge < -0.3 is 24.8 Å². The van der Waals surface area contributed by atoms with Gasteiger partial charge in [-0.1, -0.05) is 6.07 Å². The van der Waals surface area contributed by atoms with Crippen molar-refractivity contribution in [1.29, 1.82) is 0 Å². The minimum absolute atomic E-state index is 0.257. The topological polar surface area (TPSA) is 81.7 Å². The van der Waals surface area contributed by atoms with Crippen molar-refractivity contribution in [3.8, 4) is 11.5 Å². The van der Waals surface area contributed by atoms with E-state index < -0.39 is 0 Å². The summed E-state index contributed by atoms with van der Waals surface area (Å²) in [6.45, 7) is 1.59. The molecule has 0 radical (unpaired) electrons. The van der Waals surface area contributed by atoms with E-state index in [9.17, 15) is 4.79 Å². The average Bonchev–Trinajstić information content (AvgIpc) is 3.20. The van der Waals surface area contributed by atoms with E-state index in [1.165, 1.54) is 14.2 Å². The van der Waals surface area contributed by atoms with E-state index in [1.54, 1.807) is 30.5 Å². The first-order chi connectivity index (χ1) is 12.7. The number of aromatic nitrogens is 1. The van der Waals surface area contributed by atoms with Gasteiger partial charge in [-0.25, -0.2) is 4.98 Å². The van der Waals surface area contributed by atoms with Crippen molar-refractivity contribution in [2.24, 2.45) is 0 Å². The first-order valence-corrected chi connectivity index (χ1v) is 8.55. The molecule has 1 aliphatic rings. The zero-order chi connectivity index (χ0) is 18.4. The monoisotopic (exact) mass is 357 g/mol. The fourth-order valence-electron chi connectivity index (χ4n) is 2.86. The van der Waals surface area contributed by atoms with Gasteiger partial charge in [-0.15, -0.1) is 0 Å². The van der Waals surface area contributed by atoms with Gasteiger partial charge in [0.2, 0.25) is 0 Å². The molecule has 1 saturated heterocycles. The Morgan fingerprint density at radius 3 is 2.58 bits per heavy atom. The van der Waals surface area contributed by atoms with Gasteiger partial charge in [0, 0.05) is 13.2 Å². The van der Waals surface area contributed by atoms with Crippen molar-refractivity contribution < 1.29 is 19.0 Å². The highest BCUT2D eigenvalue weighted by Gasteiger charge is 2.19. The van der Waals surface area contributed by atoms with E-state index >= 15 is 0 Å². The molecule has 1 aromatic carbocycles. The summed E-state index contributed by atoms with van der Waals surface area (Å²) in [5.74, 6) is 0.992. The summed E-state index contributed by atoms with van der Waals surface area (Å²) in [4.78, 5) is 16.9. The van der Waals surface area contributed by atoms with Crippen LogP contribution in [0.5, 0.6) is 11.5 Å². The van der Waals surface area contributed by atoms with Crippen molar-refractivity contribution >= 4 is 17.4 Å². The minimum Gasteiger partial charge on any atom is -0.496 e. The summed E-state index contributed by atoms with van der Waals surface area (Å²) < 4.78 is 16.1. The molecule has 1 amide bonds. The summed E-state index contributed by atoms with van der Waals surface area (Å²) in [7, 11) is 3.02. The molecule has 2 N–H and O–H groups in total. The van der Waals surface area contributed by atoms with Crippen LogP contribution in [0.15, 0.2) is 36.5 Å². The van der Waals surface area contributed by atoms with E-state index in [0.29, 0.717) is 22.9 Å². The quantitative estimate of drug-likeness (QED) is 0.793. The second-order valence-electron chi connectivity index (χ2n) is 5.94. The molecule has 3 rings (SSSR count). The maximum absolute atomic E-state index is 12.6. The SMILES string of the molecule is COc1cccc(OC)c1C(=O)Nc1ccc(NCC2CCCO2)cn1. The fraction of sp³-hybridized carbons (Fsp3) is 0.368. The molecule has 1 aliphatic heterocycles. The molecular formula is C19H23N3O4. The van der Waals surface area contributed by atoms with Crippen molar-refractivity contribution in [2.45, 2.75) is 18.9 Å². The number of rotatable bonds is 7. The number of methoxy groups -OCH3 is 2. The molecule has 1 fully saturated rings. The highest BCUT2D eigenvalue weighted by Crippen LogP contribution is 2.29. The maximum atomic E-state index is 12.6. The Hall–Kier alpha value is -2.80. The van der Waals surface area contributed by atoms with E-state index in [0.717, 1.165) is 31.7 Å². The number of ether oxygens (including phenoxy) is 3. The zero-order valence-corrected chi connectivity index (χ0v) is 15.0. The minimum atomic E-state index is -0.341. The Kier molecular flexibility index (Phi) is 5.91. The summed E-state index contributed by atoms with van der Waals surface area (Å²) in [5, 5.41) is 6.06. The van der Waals surface area contributed by atoms with Crippen LogP contribution in [0.2, 0.25) is 0 Å². The van der Waals surface area contributed by atoms with E-state index in [1.807, 2.05) is 6.07 Å². The number of amides is 1. The van der Waals surface area contributed by atoms with Crippen LogP contribution in [-0.4, -0.2) is 44.4 Å². The second-order valence-corrected chi connectivity index (χ2v) is 5.94. The molecule has 2 heterocycles. The number of anilines is 2. The summed E-state index contributed by atoms with van der Waals surface area (Å²) >= 11 is 0. The Labute approximate surface area is 152 Å². The third kappa shape index (κ3) is 4.23. The van der Waals surface area contributed by atoms with Crippen LogP contribution >= 0.6 is 0 Å². The lowest BCUT2D eigenvalue weighted by Gasteiger charge is -2.13. The predicted octanol–water partition coefficient (Wildman–Crippen LogP) is 2.94. The molecule has 0 saturated carbocycles. The van der Waals surface area contributed by atoms with Crippen LogP contribution in [0.1, 0.15) is 23.2 Å². The first kappa shape index (κ1) is 18.0. The van der Waals surface area contributed by atoms with Gasteiger partial charge in [-0.05, 0) is 37.1 Å². The molecular weight excluding hydrogens is 334 g/mol. The molecule has 26 heavy (non-hydrogen) atoms. The van der Waals surface area contributed by atoms with Crippen molar-refractivity contribution in [1.82, 2.24) is 4.98 Å². The Balaban J connectivity index is 1.64. The lowest BCUT2D eigenvalue weighted by molar-refractivity contribution is 0.102. The molecule has 1 unspecified atom stereocenters. The molecule has 138 valence electrons. The second kappa shape index (κ2) is 8.53. The standard InChI is InChI=1S/C19H23N3O4/c1-24-15-6-3-7-16(25-2)18(15)19(23)22-17-9-8-13(11-21-17)20-12-14-5-4-10-26-14/h3,6-9,11,14,20H,4-5,10,12H2,1-2H3,(H,21,22,23). The van der Waals surface area contributed by atoms with Crippen molar-refractivity contribution in [2.75, 3.05) is 38.0 Å². The number of carbonyl (C=O) groups excluding carboxylic acids is 1. The maximum Gasteiger partial charge on any atom is 0.264 e. The van der Waals surface area contributed by atoms with E-state index in [-0.39, 0.29) is 12.0 Å². The average molecular weight is 357 g/mol. The largest absolute Gasteiger partial charge is 0.496 e. The lowest BCUT2D eigenvalue weighted by atomic mass is 10.1. The molecule has 0 spiro atoms. The highest BCUT2D eigenvalue weighted by atomic mass is 16.5. The number of carbonyl (C=O) groups is 1. The number of nitrogens with one attached hydrogen (secondary N) is 2. The third-order valence-electron chi connectivity index (χ3n) is 4.22. The van der Waals surface area contributed by atoms with Crippen LogP contribution in [0.3, 0.4) is 0 Å². The lowest BCUT2D eigenvalue weighted by Crippen LogP contribution is -2.18. The van der Waals surface area contributed by atoms with Gasteiger partial charge in [0.15, 0.2) is 0 Å². The molecule has 0 aliphatic carbocycles. The van der Waals surface area contributed by atoms with E-state index in [4.69, 9.17) is 14.2 Å². The number of pyridine rings is 1. The molecule has 1 aromatic heterocycles. The Bertz CT molecular complexity index is 721. The van der Waals surface area contributed by atoms with Gasteiger partial charge in [-0.2, -0.15) is 0 Å². The smallest absolute Gasteiger partial charge is 0.264 e. The summed E-state index contributed by atoms with van der Waals surface area (Å²) in [6.07, 6.45) is 4.13. The zero-order valence-electron chi connectivity index (χ0n) is 15.0. The van der Waals surface area contributed by atoms with Crippen LogP contribution < -0.4 is 20.1 Å². The van der Waals surface area contributed by atoms with Crippen LogP contribution in [0.4, 0.5) is 11.5 Å². The van der Waals surface area contributed by atoms with Gasteiger partial charge in [0.05, 0.1) is 32.2 Å². The van der Waals surface area contributed by atoms with Gasteiger partial charge >= 0.3 is 0 Å². The van der Waals surface area contributed by atoms with Crippen LogP contribution in [0, 0.1) is 0 Å². The number of hydrogen-bond acceptors (Lipinski definition) is 6. The predicted molar refractivity (Wildman–Crippen MR) is 99.2 cm³/mol. The fourth-order valence-corrected chi connectivity index (χ4v) is 2.86. The molecule has 1 atom stereocenters. The van der Waals surface area contributed by atoms with Crippen LogP contribution in [0.25, 0.3) is 0 Å². The number of benzene rings is 1. The first-order valence-electron chi connectivity index (χ1n) is 8.55. The molecule has 7 heteroatoms. The van der Waals surface area contributed by atoms with Crippen molar-refractivity contribution in [3.63, 3.8) is 0 Å². The van der Waals surface area contributed by atoms with Crippen molar-refractivity contribution in [3.05, 3.63) is 42.1 Å².